The number of hydrogen-bond donors (Lipinski definition) is 1. The van der Waals surface area contributed by atoms with Gasteiger partial charge in [-0.05, 0) is 17.7 Å². The van der Waals surface area contributed by atoms with E-state index in [0.29, 0.717) is 6.54 Å². The van der Waals surface area contributed by atoms with E-state index in [1.807, 2.05) is 40.9 Å². The molecule has 0 fully saturated rings. The highest BCUT2D eigenvalue weighted by Gasteiger charge is 2.04. The van der Waals surface area contributed by atoms with Crippen LogP contribution in [0.15, 0.2) is 42.9 Å². The molecule has 0 bridgehead atoms. The van der Waals surface area contributed by atoms with Crippen LogP contribution in [-0.4, -0.2) is 21.5 Å². The summed E-state index contributed by atoms with van der Waals surface area (Å²) >= 11 is 0. The number of nitrogens with two attached hydrogens (primary N) is 1. The molecule has 0 saturated carbocycles. The summed E-state index contributed by atoms with van der Waals surface area (Å²) in [5, 5.41) is 0. The van der Waals surface area contributed by atoms with Gasteiger partial charge in [-0.25, -0.2) is 9.97 Å². The van der Waals surface area contributed by atoms with Crippen LogP contribution >= 0.6 is 0 Å². The second kappa shape index (κ2) is 5.30. The number of fused-ring (bicyclic) bond motifs is 1. The van der Waals surface area contributed by atoms with E-state index in [0.717, 1.165) is 29.2 Å². The van der Waals surface area contributed by atoms with Crippen LogP contribution < -0.4 is 10.5 Å². The Balaban J connectivity index is 1.85. The number of methoxy groups -OCH3 is 1. The first kappa shape index (κ1) is 12.6. The fourth-order valence-corrected chi connectivity index (χ4v) is 2.13. The first-order chi connectivity index (χ1) is 9.78. The Morgan fingerprint density at radius 1 is 1.20 bits per heavy atom. The minimum atomic E-state index is 0.440. The van der Waals surface area contributed by atoms with Crippen LogP contribution in [0.2, 0.25) is 0 Å². The summed E-state index contributed by atoms with van der Waals surface area (Å²) in [5.41, 5.74) is 9.51. The molecule has 0 aliphatic rings. The van der Waals surface area contributed by atoms with E-state index in [1.54, 1.807) is 13.4 Å². The van der Waals surface area contributed by atoms with Gasteiger partial charge in [0.2, 0.25) is 0 Å². The Labute approximate surface area is 117 Å². The van der Waals surface area contributed by atoms with Crippen molar-refractivity contribution in [2.24, 2.45) is 5.73 Å². The number of aromatic nitrogens is 3. The SMILES string of the molecule is COc1ccc(Cc2cc3nc(CN)cn3cn2)cc1. The Morgan fingerprint density at radius 2 is 2.00 bits per heavy atom. The van der Waals surface area contributed by atoms with E-state index in [4.69, 9.17) is 10.5 Å². The average Bonchev–Trinajstić information content (AvgIpc) is 2.90. The highest BCUT2D eigenvalue weighted by molar-refractivity contribution is 5.42. The number of imidazole rings is 1. The summed E-state index contributed by atoms with van der Waals surface area (Å²) in [5.74, 6) is 0.859. The molecule has 0 radical (unpaired) electrons. The average molecular weight is 268 g/mol. The largest absolute Gasteiger partial charge is 0.497 e. The van der Waals surface area contributed by atoms with E-state index in [9.17, 15) is 0 Å². The summed E-state index contributed by atoms with van der Waals surface area (Å²) in [4.78, 5) is 8.88. The van der Waals surface area contributed by atoms with Crippen molar-refractivity contribution in [2.75, 3.05) is 7.11 Å². The van der Waals surface area contributed by atoms with Gasteiger partial charge in [0.15, 0.2) is 0 Å². The van der Waals surface area contributed by atoms with Crippen LogP contribution in [0.5, 0.6) is 5.75 Å². The van der Waals surface area contributed by atoms with Crippen molar-refractivity contribution >= 4 is 5.65 Å². The molecule has 0 amide bonds. The van der Waals surface area contributed by atoms with Gasteiger partial charge in [0.1, 0.15) is 17.7 Å². The lowest BCUT2D eigenvalue weighted by Gasteiger charge is -2.03. The summed E-state index contributed by atoms with van der Waals surface area (Å²) in [6.07, 6.45) is 4.45. The molecule has 3 aromatic rings. The summed E-state index contributed by atoms with van der Waals surface area (Å²) in [6, 6.07) is 9.98. The van der Waals surface area contributed by atoms with E-state index in [-0.39, 0.29) is 0 Å². The van der Waals surface area contributed by atoms with Gasteiger partial charge in [0, 0.05) is 25.2 Å². The maximum Gasteiger partial charge on any atom is 0.140 e. The van der Waals surface area contributed by atoms with Crippen molar-refractivity contribution < 1.29 is 4.74 Å². The van der Waals surface area contributed by atoms with Crippen molar-refractivity contribution in [1.29, 1.82) is 0 Å². The van der Waals surface area contributed by atoms with Gasteiger partial charge in [0.05, 0.1) is 18.5 Å². The third-order valence-electron chi connectivity index (χ3n) is 3.21. The normalized spacial score (nSPS) is 10.9. The number of nitrogens with zero attached hydrogens (tertiary/aromatic N) is 3. The van der Waals surface area contributed by atoms with E-state index >= 15 is 0 Å². The van der Waals surface area contributed by atoms with Gasteiger partial charge >= 0.3 is 0 Å². The first-order valence-electron chi connectivity index (χ1n) is 6.44. The predicted molar refractivity (Wildman–Crippen MR) is 76.7 cm³/mol. The van der Waals surface area contributed by atoms with Gasteiger partial charge in [0.25, 0.3) is 0 Å². The molecule has 2 aromatic heterocycles. The molecular weight excluding hydrogens is 252 g/mol. The van der Waals surface area contributed by atoms with Gasteiger partial charge < -0.3 is 10.5 Å². The fourth-order valence-electron chi connectivity index (χ4n) is 2.13. The van der Waals surface area contributed by atoms with Crippen molar-refractivity contribution in [3.63, 3.8) is 0 Å². The molecule has 2 N–H and O–H groups in total. The van der Waals surface area contributed by atoms with E-state index < -0.39 is 0 Å². The molecule has 20 heavy (non-hydrogen) atoms. The van der Waals surface area contributed by atoms with Crippen LogP contribution in [0.4, 0.5) is 0 Å². The van der Waals surface area contributed by atoms with Gasteiger partial charge in [-0.2, -0.15) is 0 Å². The highest BCUT2D eigenvalue weighted by atomic mass is 16.5. The van der Waals surface area contributed by atoms with Crippen molar-refractivity contribution in [1.82, 2.24) is 14.4 Å². The zero-order valence-corrected chi connectivity index (χ0v) is 11.3. The molecule has 5 heteroatoms. The standard InChI is InChI=1S/C15H16N4O/c1-20-14-4-2-11(3-5-14)6-12-7-15-18-13(8-16)9-19(15)10-17-12/h2-5,7,9-10H,6,8,16H2,1H3. The minimum Gasteiger partial charge on any atom is -0.497 e. The molecule has 0 atom stereocenters. The molecule has 0 spiro atoms. The van der Waals surface area contributed by atoms with Gasteiger partial charge in [-0.1, -0.05) is 12.1 Å². The fraction of sp³-hybridized carbons (Fsp3) is 0.200. The Hall–Kier alpha value is -2.40. The summed E-state index contributed by atoms with van der Waals surface area (Å²) in [7, 11) is 1.66. The topological polar surface area (TPSA) is 65.4 Å². The molecule has 2 heterocycles. The maximum absolute atomic E-state index is 5.59. The Bertz CT molecular complexity index is 718. The van der Waals surface area contributed by atoms with Crippen LogP contribution in [0.1, 0.15) is 17.0 Å². The highest BCUT2D eigenvalue weighted by Crippen LogP contribution is 2.15. The van der Waals surface area contributed by atoms with E-state index in [2.05, 4.69) is 9.97 Å². The van der Waals surface area contributed by atoms with Gasteiger partial charge in [-0.15, -0.1) is 0 Å². The van der Waals surface area contributed by atoms with Crippen molar-refractivity contribution in [3.05, 3.63) is 59.8 Å². The van der Waals surface area contributed by atoms with Crippen LogP contribution in [0.3, 0.4) is 0 Å². The number of rotatable bonds is 4. The molecule has 1 aromatic carbocycles. The summed E-state index contributed by atoms with van der Waals surface area (Å²) < 4.78 is 7.04. The Morgan fingerprint density at radius 3 is 2.70 bits per heavy atom. The zero-order valence-electron chi connectivity index (χ0n) is 11.3. The van der Waals surface area contributed by atoms with Crippen molar-refractivity contribution in [3.8, 4) is 5.75 Å². The molecule has 102 valence electrons. The first-order valence-corrected chi connectivity index (χ1v) is 6.44. The maximum atomic E-state index is 5.59. The molecule has 0 aliphatic carbocycles. The van der Waals surface area contributed by atoms with Crippen LogP contribution in [0, 0.1) is 0 Å². The minimum absolute atomic E-state index is 0.440. The molecular formula is C15H16N4O. The number of ether oxygens (including phenoxy) is 1. The lowest BCUT2D eigenvalue weighted by molar-refractivity contribution is 0.414. The third-order valence-corrected chi connectivity index (χ3v) is 3.21. The van der Waals surface area contributed by atoms with Crippen molar-refractivity contribution in [2.45, 2.75) is 13.0 Å². The van der Waals surface area contributed by atoms with E-state index in [1.165, 1.54) is 5.56 Å². The van der Waals surface area contributed by atoms with Crippen LogP contribution in [-0.2, 0) is 13.0 Å². The third kappa shape index (κ3) is 2.48. The second-order valence-corrected chi connectivity index (χ2v) is 4.61. The number of benzene rings is 1. The van der Waals surface area contributed by atoms with Crippen LogP contribution in [0.25, 0.3) is 5.65 Å². The monoisotopic (exact) mass is 268 g/mol. The quantitative estimate of drug-likeness (QED) is 0.783. The molecule has 3 rings (SSSR count). The lowest BCUT2D eigenvalue weighted by Crippen LogP contribution is -1.95. The number of hydrogen-bond acceptors (Lipinski definition) is 4. The molecule has 0 unspecified atom stereocenters. The lowest BCUT2D eigenvalue weighted by atomic mass is 10.1. The second-order valence-electron chi connectivity index (χ2n) is 4.61. The Kier molecular flexibility index (Phi) is 3.35. The molecule has 0 saturated heterocycles. The smallest absolute Gasteiger partial charge is 0.140 e. The zero-order chi connectivity index (χ0) is 13.9. The predicted octanol–water partition coefficient (Wildman–Crippen LogP) is 1.79. The molecule has 0 aliphatic heterocycles. The van der Waals surface area contributed by atoms with Gasteiger partial charge in [-0.3, -0.25) is 4.40 Å². The summed E-state index contributed by atoms with van der Waals surface area (Å²) in [6.45, 7) is 0.440. The molecule has 5 nitrogen and oxygen atoms in total.